The van der Waals surface area contributed by atoms with E-state index in [4.69, 9.17) is 0 Å². The van der Waals surface area contributed by atoms with Gasteiger partial charge in [0.2, 0.25) is 0 Å². The molecule has 0 aromatic heterocycles. The average molecular weight is 180 g/mol. The molecule has 1 atom stereocenters. The molecule has 1 nitrogen and oxygen atoms in total. The fourth-order valence-corrected chi connectivity index (χ4v) is 0.999. The highest BCUT2D eigenvalue weighted by molar-refractivity contribution is 5.87. The molecule has 0 N–H and O–H groups in total. The number of carbonyl (C=O) groups is 1. The minimum absolute atomic E-state index is 0.134. The van der Waals surface area contributed by atoms with Gasteiger partial charge in [-0.3, -0.25) is 4.79 Å². The Morgan fingerprint density at radius 3 is 2.31 bits per heavy atom. The summed E-state index contributed by atoms with van der Waals surface area (Å²) in [6, 6.07) is 0. The number of ketones is 1. The predicted molar refractivity (Wildman–Crippen MR) is 57.7 cm³/mol. The molecule has 0 rings (SSSR count). The van der Waals surface area contributed by atoms with E-state index in [-0.39, 0.29) is 5.78 Å². The van der Waals surface area contributed by atoms with Crippen molar-refractivity contribution < 1.29 is 4.79 Å². The molecule has 74 valence electrons. The molecule has 0 saturated heterocycles. The largest absolute Gasteiger partial charge is 0.295 e. The number of hydrogen-bond donors (Lipinski definition) is 0. The van der Waals surface area contributed by atoms with Crippen LogP contribution < -0.4 is 0 Å². The van der Waals surface area contributed by atoms with Gasteiger partial charge in [-0.15, -0.1) is 0 Å². The lowest BCUT2D eigenvalue weighted by atomic mass is 10.0. The second-order valence-electron chi connectivity index (χ2n) is 3.87. The fraction of sp³-hybridized carbons (Fsp3) is 0.583. The summed E-state index contributed by atoms with van der Waals surface area (Å²) in [5.41, 5.74) is 1.36. The zero-order chi connectivity index (χ0) is 10.3. The van der Waals surface area contributed by atoms with Crippen LogP contribution in [0.3, 0.4) is 0 Å². The van der Waals surface area contributed by atoms with Crippen LogP contribution in [0.2, 0.25) is 0 Å². The highest BCUT2D eigenvalue weighted by atomic mass is 16.1. The van der Waals surface area contributed by atoms with Crippen molar-refractivity contribution in [3.8, 4) is 0 Å². The van der Waals surface area contributed by atoms with Gasteiger partial charge in [0.05, 0.1) is 0 Å². The minimum Gasteiger partial charge on any atom is -0.295 e. The first-order chi connectivity index (χ1) is 6.02. The SMILES string of the molecule is CC(=O)/C=C/CC(C)CC=C(C)C. The monoisotopic (exact) mass is 180 g/mol. The van der Waals surface area contributed by atoms with Gasteiger partial charge in [-0.25, -0.2) is 0 Å². The first kappa shape index (κ1) is 12.2. The molecule has 0 radical (unpaired) electrons. The van der Waals surface area contributed by atoms with E-state index in [2.05, 4.69) is 26.8 Å². The molecule has 0 fully saturated rings. The van der Waals surface area contributed by atoms with Crippen molar-refractivity contribution in [2.24, 2.45) is 5.92 Å². The Bertz CT molecular complexity index is 207. The normalized spacial score (nSPS) is 12.9. The van der Waals surface area contributed by atoms with Gasteiger partial charge in [0, 0.05) is 0 Å². The molecule has 0 bridgehead atoms. The lowest BCUT2D eigenvalue weighted by molar-refractivity contribution is -0.112. The molecule has 0 aromatic carbocycles. The van der Waals surface area contributed by atoms with Crippen LogP contribution in [0.25, 0.3) is 0 Å². The highest BCUT2D eigenvalue weighted by Crippen LogP contribution is 2.10. The summed E-state index contributed by atoms with van der Waals surface area (Å²) in [6.07, 6.45) is 7.95. The van der Waals surface area contributed by atoms with Crippen molar-refractivity contribution in [2.75, 3.05) is 0 Å². The number of hydrogen-bond acceptors (Lipinski definition) is 1. The van der Waals surface area contributed by atoms with Crippen LogP contribution in [0.15, 0.2) is 23.8 Å². The first-order valence-electron chi connectivity index (χ1n) is 4.83. The van der Waals surface area contributed by atoms with Crippen LogP contribution in [0.1, 0.15) is 40.5 Å². The molecule has 0 saturated carbocycles. The van der Waals surface area contributed by atoms with Crippen molar-refractivity contribution in [3.63, 3.8) is 0 Å². The highest BCUT2D eigenvalue weighted by Gasteiger charge is 1.96. The molecule has 1 heteroatoms. The Labute approximate surface area is 81.5 Å². The molecule has 1 unspecified atom stereocenters. The summed E-state index contributed by atoms with van der Waals surface area (Å²) in [4.78, 5) is 10.6. The molecule has 0 aliphatic heterocycles. The van der Waals surface area contributed by atoms with Crippen molar-refractivity contribution in [2.45, 2.75) is 40.5 Å². The molecule has 0 amide bonds. The Hall–Kier alpha value is -0.850. The standard InChI is InChI=1S/C12H20O/c1-10(2)8-9-11(3)6-5-7-12(4)13/h5,7-8,11H,6,9H2,1-4H3/b7-5+. The summed E-state index contributed by atoms with van der Waals surface area (Å²) in [5.74, 6) is 0.764. The van der Waals surface area contributed by atoms with E-state index in [0.29, 0.717) is 5.92 Å². The Morgan fingerprint density at radius 1 is 1.23 bits per heavy atom. The second-order valence-corrected chi connectivity index (χ2v) is 3.87. The molecule has 0 aliphatic rings. The van der Waals surface area contributed by atoms with E-state index >= 15 is 0 Å². The zero-order valence-electron chi connectivity index (χ0n) is 9.13. The quantitative estimate of drug-likeness (QED) is 0.467. The van der Waals surface area contributed by atoms with Crippen molar-refractivity contribution in [1.29, 1.82) is 0 Å². The van der Waals surface area contributed by atoms with Gasteiger partial charge in [-0.1, -0.05) is 24.6 Å². The molecule has 0 spiro atoms. The molecule has 0 aliphatic carbocycles. The van der Waals surface area contributed by atoms with Crippen molar-refractivity contribution in [3.05, 3.63) is 23.8 Å². The zero-order valence-corrected chi connectivity index (χ0v) is 9.13. The lowest BCUT2D eigenvalue weighted by Gasteiger charge is -2.04. The summed E-state index contributed by atoms with van der Waals surface area (Å²) >= 11 is 0. The topological polar surface area (TPSA) is 17.1 Å². The van der Waals surface area contributed by atoms with Crippen LogP contribution in [0, 0.1) is 5.92 Å². The van der Waals surface area contributed by atoms with Crippen molar-refractivity contribution >= 4 is 5.78 Å². The van der Waals surface area contributed by atoms with Gasteiger partial charge in [-0.05, 0) is 45.6 Å². The van der Waals surface area contributed by atoms with Gasteiger partial charge in [0.25, 0.3) is 0 Å². The van der Waals surface area contributed by atoms with E-state index in [1.165, 1.54) is 5.57 Å². The average Bonchev–Trinajstić information content (AvgIpc) is 2.00. The fourth-order valence-electron chi connectivity index (χ4n) is 0.999. The van der Waals surface area contributed by atoms with Crippen LogP contribution in [0.4, 0.5) is 0 Å². The molecule has 0 heterocycles. The maximum Gasteiger partial charge on any atom is 0.152 e. The Morgan fingerprint density at radius 2 is 1.85 bits per heavy atom. The minimum atomic E-state index is 0.134. The number of carbonyl (C=O) groups excluding carboxylic acids is 1. The van der Waals surface area contributed by atoms with Gasteiger partial charge >= 0.3 is 0 Å². The van der Waals surface area contributed by atoms with E-state index in [9.17, 15) is 4.79 Å². The van der Waals surface area contributed by atoms with Gasteiger partial charge in [0.15, 0.2) is 5.78 Å². The summed E-state index contributed by atoms with van der Waals surface area (Å²) in [5, 5.41) is 0. The number of allylic oxidation sites excluding steroid dienone is 4. The van der Waals surface area contributed by atoms with Crippen LogP contribution in [-0.2, 0) is 4.79 Å². The maximum absolute atomic E-state index is 10.6. The van der Waals surface area contributed by atoms with Gasteiger partial charge in [0.1, 0.15) is 0 Å². The third-order valence-electron chi connectivity index (χ3n) is 1.82. The Balaban J connectivity index is 3.69. The van der Waals surface area contributed by atoms with E-state index in [0.717, 1.165) is 12.8 Å². The smallest absolute Gasteiger partial charge is 0.152 e. The van der Waals surface area contributed by atoms with E-state index in [1.807, 2.05) is 6.08 Å². The Kier molecular flexibility index (Phi) is 6.21. The third-order valence-corrected chi connectivity index (χ3v) is 1.82. The maximum atomic E-state index is 10.6. The van der Waals surface area contributed by atoms with Crippen molar-refractivity contribution in [1.82, 2.24) is 0 Å². The van der Waals surface area contributed by atoms with Crippen LogP contribution in [-0.4, -0.2) is 5.78 Å². The predicted octanol–water partition coefficient (Wildman–Crippen LogP) is 3.51. The van der Waals surface area contributed by atoms with Gasteiger partial charge < -0.3 is 0 Å². The van der Waals surface area contributed by atoms with Gasteiger partial charge in [-0.2, -0.15) is 0 Å². The number of rotatable bonds is 5. The summed E-state index contributed by atoms with van der Waals surface area (Å²) in [7, 11) is 0. The van der Waals surface area contributed by atoms with Crippen LogP contribution >= 0.6 is 0 Å². The molecule has 13 heavy (non-hydrogen) atoms. The first-order valence-corrected chi connectivity index (χ1v) is 4.83. The molecular formula is C12H20O. The molecule has 0 aromatic rings. The van der Waals surface area contributed by atoms with E-state index in [1.54, 1.807) is 13.0 Å². The van der Waals surface area contributed by atoms with Crippen LogP contribution in [0.5, 0.6) is 0 Å². The summed E-state index contributed by atoms with van der Waals surface area (Å²) in [6.45, 7) is 8.00. The van der Waals surface area contributed by atoms with E-state index < -0.39 is 0 Å². The molecular weight excluding hydrogens is 160 g/mol. The second kappa shape index (κ2) is 6.64. The lowest BCUT2D eigenvalue weighted by Crippen LogP contribution is -1.91. The third kappa shape index (κ3) is 9.06. The summed E-state index contributed by atoms with van der Waals surface area (Å²) < 4.78 is 0.